The molecule has 3 heterocycles. The number of halogens is 1. The molecule has 1 saturated heterocycles. The van der Waals surface area contributed by atoms with Gasteiger partial charge in [0, 0.05) is 36.3 Å². The van der Waals surface area contributed by atoms with Crippen molar-refractivity contribution < 1.29 is 0 Å². The fraction of sp³-hybridized carbons (Fsp3) is 0.350. The van der Waals surface area contributed by atoms with E-state index in [4.69, 9.17) is 11.6 Å². The maximum absolute atomic E-state index is 5.94. The molecule has 5 nitrogen and oxygen atoms in total. The summed E-state index contributed by atoms with van der Waals surface area (Å²) in [5.74, 6) is 1.08. The van der Waals surface area contributed by atoms with E-state index < -0.39 is 0 Å². The summed E-state index contributed by atoms with van der Waals surface area (Å²) in [6.45, 7) is 4.05. The smallest absolute Gasteiger partial charge is 0.205 e. The van der Waals surface area contributed by atoms with Crippen molar-refractivity contribution >= 4 is 33.9 Å². The third kappa shape index (κ3) is 4.76. The third-order valence-corrected chi connectivity index (χ3v) is 5.86. The minimum atomic E-state index is 0.433. The zero-order chi connectivity index (χ0) is 18.6. The Labute approximate surface area is 168 Å². The molecule has 0 aliphatic carbocycles. The number of pyridine rings is 1. The summed E-state index contributed by atoms with van der Waals surface area (Å²) in [6, 6.07) is 14.5. The van der Waals surface area contributed by atoms with Crippen LogP contribution >= 0.6 is 22.9 Å². The first-order chi connectivity index (χ1) is 13.2. The van der Waals surface area contributed by atoms with Gasteiger partial charge in [-0.15, -0.1) is 10.2 Å². The summed E-state index contributed by atoms with van der Waals surface area (Å²) in [5.41, 5.74) is 2.26. The molecule has 27 heavy (non-hydrogen) atoms. The number of benzene rings is 1. The Morgan fingerprint density at radius 3 is 2.63 bits per heavy atom. The molecule has 1 aromatic carbocycles. The molecular weight excluding hydrogens is 378 g/mol. The first-order valence-corrected chi connectivity index (χ1v) is 10.4. The van der Waals surface area contributed by atoms with E-state index in [1.54, 1.807) is 11.3 Å². The van der Waals surface area contributed by atoms with Crippen molar-refractivity contribution in [2.24, 2.45) is 0 Å². The van der Waals surface area contributed by atoms with Crippen LogP contribution in [0.2, 0.25) is 5.02 Å². The van der Waals surface area contributed by atoms with Gasteiger partial charge < -0.3 is 10.2 Å². The molecular formula is C20H22ClN5S. The average Bonchev–Trinajstić information content (AvgIpc) is 3.11. The topological polar surface area (TPSA) is 53.9 Å². The minimum absolute atomic E-state index is 0.433. The highest BCUT2D eigenvalue weighted by molar-refractivity contribution is 7.15. The van der Waals surface area contributed by atoms with E-state index in [1.807, 2.05) is 37.3 Å². The van der Waals surface area contributed by atoms with E-state index in [1.165, 1.54) is 5.56 Å². The molecule has 0 bridgehead atoms. The SMILES string of the molecule is Cc1cccc(N2CCC(Nc3nnc(Cc4ccc(Cl)cc4)s3)CC2)n1. The Morgan fingerprint density at radius 2 is 1.89 bits per heavy atom. The van der Waals surface area contributed by atoms with Gasteiger partial charge in [0.15, 0.2) is 0 Å². The standard InChI is InChI=1S/C20H22ClN5S/c1-14-3-2-4-18(22-14)26-11-9-17(10-12-26)23-20-25-24-19(27-20)13-15-5-7-16(21)8-6-15/h2-8,17H,9-13H2,1H3,(H,23,25). The molecule has 0 unspecified atom stereocenters. The van der Waals surface area contributed by atoms with Crippen molar-refractivity contribution in [1.29, 1.82) is 0 Å². The Balaban J connectivity index is 1.30. The van der Waals surface area contributed by atoms with Gasteiger partial charge in [-0.1, -0.05) is 41.1 Å². The van der Waals surface area contributed by atoms with Gasteiger partial charge in [-0.05, 0) is 49.6 Å². The lowest BCUT2D eigenvalue weighted by Crippen LogP contribution is -2.39. The van der Waals surface area contributed by atoms with Gasteiger partial charge in [-0.2, -0.15) is 0 Å². The molecule has 0 spiro atoms. The normalized spacial score (nSPS) is 15.1. The molecule has 1 aliphatic heterocycles. The van der Waals surface area contributed by atoms with Crippen LogP contribution in [0.1, 0.15) is 29.1 Å². The lowest BCUT2D eigenvalue weighted by Gasteiger charge is -2.33. The summed E-state index contributed by atoms with van der Waals surface area (Å²) in [5, 5.41) is 14.9. The monoisotopic (exact) mass is 399 g/mol. The largest absolute Gasteiger partial charge is 0.357 e. The highest BCUT2D eigenvalue weighted by atomic mass is 35.5. The number of aromatic nitrogens is 3. The second kappa shape index (κ2) is 8.23. The van der Waals surface area contributed by atoms with Crippen molar-refractivity contribution in [1.82, 2.24) is 15.2 Å². The number of nitrogens with one attached hydrogen (secondary N) is 1. The third-order valence-electron chi connectivity index (χ3n) is 4.76. The van der Waals surface area contributed by atoms with Crippen molar-refractivity contribution in [3.8, 4) is 0 Å². The number of rotatable bonds is 5. The van der Waals surface area contributed by atoms with Crippen LogP contribution in [-0.4, -0.2) is 34.3 Å². The van der Waals surface area contributed by atoms with Gasteiger partial charge in [0.05, 0.1) is 0 Å². The minimum Gasteiger partial charge on any atom is -0.357 e. The molecule has 1 N–H and O–H groups in total. The van der Waals surface area contributed by atoms with Gasteiger partial charge in [0.25, 0.3) is 0 Å². The molecule has 0 radical (unpaired) electrons. The Hall–Kier alpha value is -2.18. The van der Waals surface area contributed by atoms with Crippen molar-refractivity contribution in [2.75, 3.05) is 23.3 Å². The average molecular weight is 400 g/mol. The number of anilines is 2. The van der Waals surface area contributed by atoms with Crippen LogP contribution in [-0.2, 0) is 6.42 Å². The molecule has 3 aromatic rings. The molecule has 0 atom stereocenters. The second-order valence-corrected chi connectivity index (χ2v) is 8.35. The summed E-state index contributed by atoms with van der Waals surface area (Å²) >= 11 is 7.57. The zero-order valence-electron chi connectivity index (χ0n) is 15.2. The van der Waals surface area contributed by atoms with Crippen LogP contribution in [0, 0.1) is 6.92 Å². The first kappa shape index (κ1) is 18.2. The van der Waals surface area contributed by atoms with E-state index in [9.17, 15) is 0 Å². The number of nitrogens with zero attached hydrogens (tertiary/aromatic N) is 4. The maximum Gasteiger partial charge on any atom is 0.205 e. The van der Waals surface area contributed by atoms with Gasteiger partial charge in [0.1, 0.15) is 10.8 Å². The highest BCUT2D eigenvalue weighted by Gasteiger charge is 2.21. The van der Waals surface area contributed by atoms with Crippen LogP contribution in [0.3, 0.4) is 0 Å². The van der Waals surface area contributed by atoms with Crippen LogP contribution in [0.25, 0.3) is 0 Å². The van der Waals surface area contributed by atoms with Crippen LogP contribution < -0.4 is 10.2 Å². The predicted octanol–water partition coefficient (Wildman–Crippen LogP) is 4.57. The lowest BCUT2D eigenvalue weighted by atomic mass is 10.1. The quantitative estimate of drug-likeness (QED) is 0.681. The second-order valence-electron chi connectivity index (χ2n) is 6.85. The highest BCUT2D eigenvalue weighted by Crippen LogP contribution is 2.24. The number of piperidine rings is 1. The molecule has 7 heteroatoms. The van der Waals surface area contributed by atoms with Crippen LogP contribution in [0.5, 0.6) is 0 Å². The molecule has 1 aliphatic rings. The van der Waals surface area contributed by atoms with Crippen molar-refractivity contribution in [3.05, 3.63) is 63.8 Å². The van der Waals surface area contributed by atoms with E-state index in [2.05, 4.69) is 37.5 Å². The van der Waals surface area contributed by atoms with Crippen LogP contribution in [0.15, 0.2) is 42.5 Å². The fourth-order valence-electron chi connectivity index (χ4n) is 3.29. The molecule has 4 rings (SSSR count). The van der Waals surface area contributed by atoms with Crippen molar-refractivity contribution in [2.45, 2.75) is 32.2 Å². The maximum atomic E-state index is 5.94. The van der Waals surface area contributed by atoms with E-state index >= 15 is 0 Å². The van der Waals surface area contributed by atoms with E-state index in [-0.39, 0.29) is 0 Å². The predicted molar refractivity (Wildman–Crippen MR) is 112 cm³/mol. The van der Waals surface area contributed by atoms with Crippen molar-refractivity contribution in [3.63, 3.8) is 0 Å². The van der Waals surface area contributed by atoms with Crippen LogP contribution in [0.4, 0.5) is 10.9 Å². The molecule has 1 fully saturated rings. The number of hydrogen-bond acceptors (Lipinski definition) is 6. The zero-order valence-corrected chi connectivity index (χ0v) is 16.8. The van der Waals surface area contributed by atoms with E-state index in [0.717, 1.165) is 59.0 Å². The Morgan fingerprint density at radius 1 is 1.11 bits per heavy atom. The van der Waals surface area contributed by atoms with Gasteiger partial charge >= 0.3 is 0 Å². The summed E-state index contributed by atoms with van der Waals surface area (Å²) in [6.07, 6.45) is 2.93. The number of aryl methyl sites for hydroxylation is 1. The fourth-order valence-corrected chi connectivity index (χ4v) is 4.27. The lowest BCUT2D eigenvalue weighted by molar-refractivity contribution is 0.523. The van der Waals surface area contributed by atoms with Gasteiger partial charge in [0.2, 0.25) is 5.13 Å². The first-order valence-electron chi connectivity index (χ1n) is 9.18. The Bertz CT molecular complexity index is 887. The van der Waals surface area contributed by atoms with E-state index in [0.29, 0.717) is 6.04 Å². The Kier molecular flexibility index (Phi) is 5.55. The van der Waals surface area contributed by atoms with Gasteiger partial charge in [-0.25, -0.2) is 4.98 Å². The molecule has 140 valence electrons. The summed E-state index contributed by atoms with van der Waals surface area (Å²) in [7, 11) is 0. The summed E-state index contributed by atoms with van der Waals surface area (Å²) < 4.78 is 0. The molecule has 2 aromatic heterocycles. The van der Waals surface area contributed by atoms with Gasteiger partial charge in [-0.3, -0.25) is 0 Å². The number of hydrogen-bond donors (Lipinski definition) is 1. The molecule has 0 amide bonds. The summed E-state index contributed by atoms with van der Waals surface area (Å²) in [4.78, 5) is 6.99. The molecule has 0 saturated carbocycles.